The molecule has 4 aromatic rings. The molecule has 5 aliphatic rings. The summed E-state index contributed by atoms with van der Waals surface area (Å²) in [6, 6.07) is 4.29. The van der Waals surface area contributed by atoms with Crippen molar-refractivity contribution in [3.63, 3.8) is 0 Å². The van der Waals surface area contributed by atoms with E-state index in [1.165, 1.54) is 29.0 Å². The number of nitrogens with one attached hydrogen (secondary N) is 2. The Morgan fingerprint density at radius 2 is 1.77 bits per heavy atom. The molecule has 2 bridgehead atoms. The molecule has 5 fully saturated rings. The van der Waals surface area contributed by atoms with Crippen LogP contribution in [0.2, 0.25) is 0 Å². The number of halogens is 5. The molecule has 352 valence electrons. The molecule has 6 heterocycles. The fourth-order valence-corrected chi connectivity index (χ4v) is 10.2. The van der Waals surface area contributed by atoms with Crippen LogP contribution in [-0.4, -0.2) is 122 Å². The van der Waals surface area contributed by atoms with Gasteiger partial charge in [-0.3, -0.25) is 34.1 Å². The van der Waals surface area contributed by atoms with Crippen molar-refractivity contribution in [3.8, 4) is 5.75 Å². The van der Waals surface area contributed by atoms with Crippen LogP contribution in [0.25, 0.3) is 5.65 Å². The van der Waals surface area contributed by atoms with Gasteiger partial charge in [-0.2, -0.15) is 10.2 Å². The van der Waals surface area contributed by atoms with Crippen LogP contribution in [0.5, 0.6) is 5.75 Å². The molecule has 2 saturated carbocycles. The van der Waals surface area contributed by atoms with Crippen LogP contribution >= 0.6 is 0 Å². The number of alkyl halides is 5. The fraction of sp³-hybridized carbons (Fsp3) is 0.545. The Balaban J connectivity index is 0.739. The third kappa shape index (κ3) is 9.55. The summed E-state index contributed by atoms with van der Waals surface area (Å²) in [7, 11) is 2.07. The lowest BCUT2D eigenvalue weighted by atomic mass is 9.85. The highest BCUT2D eigenvalue weighted by atomic mass is 19.4. The first-order valence-electron chi connectivity index (χ1n) is 22.4. The van der Waals surface area contributed by atoms with Crippen molar-refractivity contribution in [1.29, 1.82) is 0 Å². The number of hydrogen-bond acceptors (Lipinski definition) is 11. The number of imide groups is 1. The lowest BCUT2D eigenvalue weighted by Gasteiger charge is -2.34. The molecule has 0 unspecified atom stereocenters. The van der Waals surface area contributed by atoms with Gasteiger partial charge in [-0.15, -0.1) is 13.2 Å². The van der Waals surface area contributed by atoms with Crippen LogP contribution in [0.3, 0.4) is 0 Å². The maximum atomic E-state index is 14.3. The van der Waals surface area contributed by atoms with E-state index in [4.69, 9.17) is 4.98 Å². The Hall–Kier alpha value is -6.19. The summed E-state index contributed by atoms with van der Waals surface area (Å²) in [6.07, 6.45) is 3.33. The van der Waals surface area contributed by atoms with Crippen LogP contribution in [0.4, 0.5) is 43.9 Å². The summed E-state index contributed by atoms with van der Waals surface area (Å²) in [5.74, 6) is -0.578. The van der Waals surface area contributed by atoms with Gasteiger partial charge in [0.2, 0.25) is 5.91 Å². The number of fused-ring (bicyclic) bond motifs is 3. The predicted molar refractivity (Wildman–Crippen MR) is 227 cm³/mol. The first-order chi connectivity index (χ1) is 31.6. The molecule has 2 atom stereocenters. The van der Waals surface area contributed by atoms with Gasteiger partial charge in [0, 0.05) is 75.5 Å². The van der Waals surface area contributed by atoms with Crippen molar-refractivity contribution in [3.05, 3.63) is 59.7 Å². The maximum Gasteiger partial charge on any atom is 0.573 e. The molecule has 2 aliphatic carbocycles. The second kappa shape index (κ2) is 18.2. The molecular weight excluding hydrogens is 874 g/mol. The van der Waals surface area contributed by atoms with E-state index in [-0.39, 0.29) is 70.8 Å². The number of benzene rings is 1. The first-order valence-corrected chi connectivity index (χ1v) is 22.4. The standard InChI is InChI=1S/C44H50F5N11O6/c1-55(13-8-25-9-14-56(15-10-25)42(64)27-4-7-35(66-44(47,48)49)33(19-27)57-16-12-37(62)53-43(57)65)22-26-2-5-29(6-3-26)60-24-32(38(54-60)39(45)46)51-41(63)31-21-50-59-17-11-36(52-40(31)59)58-23-28-18-30(58)20-34(28)61/h4,7,11,17,19,21,24-26,28-30,39H,2-3,5-6,8-10,12-16,18,20,22-23H2,1H3,(H,51,63)(H,53,62,65)/t26?,28-,29?,30-/m1/s1. The number of likely N-dealkylation sites (tertiary alicyclic amines) is 1. The SMILES string of the molecule is CN(CCC1CCN(C(=O)c2ccc(OC(F)(F)F)c(N3CCC(=O)NC3=O)c2)CC1)CC1CCC(n2cc(NC(=O)c3cnn4ccc(N5C[C@H]6C[C@@H]5CC6=O)nc34)c(C(F)F)n2)CC1. The summed E-state index contributed by atoms with van der Waals surface area (Å²) in [6.45, 7) is 3.02. The van der Waals surface area contributed by atoms with E-state index >= 15 is 0 Å². The minimum Gasteiger partial charge on any atom is -0.404 e. The van der Waals surface area contributed by atoms with Gasteiger partial charge in [-0.05, 0) is 101 Å². The second-order valence-corrected chi connectivity index (χ2v) is 18.1. The van der Waals surface area contributed by atoms with E-state index in [0.717, 1.165) is 75.4 Å². The smallest absolute Gasteiger partial charge is 0.404 e. The van der Waals surface area contributed by atoms with Crippen molar-refractivity contribution >= 4 is 52.4 Å². The molecule has 0 radical (unpaired) electrons. The normalized spacial score (nSPS) is 22.8. The molecule has 3 aliphatic heterocycles. The van der Waals surface area contributed by atoms with Gasteiger partial charge in [-0.1, -0.05) is 0 Å². The Morgan fingerprint density at radius 3 is 2.45 bits per heavy atom. The highest BCUT2D eigenvalue weighted by Crippen LogP contribution is 2.39. The Bertz CT molecular complexity index is 2510. The van der Waals surface area contributed by atoms with E-state index in [1.54, 1.807) is 21.8 Å². The number of aromatic nitrogens is 5. The Morgan fingerprint density at radius 1 is 1.00 bits per heavy atom. The number of urea groups is 1. The Labute approximate surface area is 375 Å². The molecular formula is C44H50F5N11O6. The molecule has 17 nitrogen and oxygen atoms in total. The van der Waals surface area contributed by atoms with Gasteiger partial charge in [0.05, 0.1) is 23.6 Å². The average molecular weight is 924 g/mol. The summed E-state index contributed by atoms with van der Waals surface area (Å²) >= 11 is 0. The fourth-order valence-electron chi connectivity index (χ4n) is 10.2. The molecule has 9 rings (SSSR count). The van der Waals surface area contributed by atoms with Gasteiger partial charge in [0.25, 0.3) is 18.2 Å². The first kappa shape index (κ1) is 45.0. The number of Topliss-reactive ketones (excluding diaryl/α,β-unsaturated/α-hetero) is 1. The summed E-state index contributed by atoms with van der Waals surface area (Å²) in [4.78, 5) is 75.0. The number of carbonyl (C=O) groups excluding carboxylic acids is 5. The molecule has 0 spiro atoms. The number of carbonyl (C=O) groups is 5. The average Bonchev–Trinajstić information content (AvgIpc) is 4.09. The van der Waals surface area contributed by atoms with Gasteiger partial charge < -0.3 is 24.8 Å². The lowest BCUT2D eigenvalue weighted by molar-refractivity contribution is -0.274. The number of rotatable bonds is 13. The van der Waals surface area contributed by atoms with Crippen molar-refractivity contribution < 1.29 is 50.7 Å². The van der Waals surface area contributed by atoms with E-state index in [9.17, 15) is 45.9 Å². The van der Waals surface area contributed by atoms with Crippen molar-refractivity contribution in [1.82, 2.24) is 39.5 Å². The Kier molecular flexibility index (Phi) is 12.4. The number of anilines is 3. The number of ketones is 1. The van der Waals surface area contributed by atoms with Crippen LogP contribution in [0, 0.1) is 17.8 Å². The monoisotopic (exact) mass is 923 g/mol. The van der Waals surface area contributed by atoms with Gasteiger partial charge in [0.15, 0.2) is 17.1 Å². The van der Waals surface area contributed by atoms with Crippen LogP contribution in [-0.2, 0) is 9.59 Å². The van der Waals surface area contributed by atoms with Gasteiger partial charge in [0.1, 0.15) is 17.2 Å². The van der Waals surface area contributed by atoms with Crippen molar-refractivity contribution in [2.45, 2.75) is 89.1 Å². The number of amides is 5. The maximum absolute atomic E-state index is 14.3. The zero-order valence-corrected chi connectivity index (χ0v) is 36.2. The zero-order valence-electron chi connectivity index (χ0n) is 36.2. The lowest BCUT2D eigenvalue weighted by Crippen LogP contribution is -2.49. The van der Waals surface area contributed by atoms with Gasteiger partial charge >= 0.3 is 12.4 Å². The zero-order chi connectivity index (χ0) is 46.4. The third-order valence-corrected chi connectivity index (χ3v) is 13.8. The molecule has 1 aromatic carbocycles. The third-order valence-electron chi connectivity index (χ3n) is 13.8. The van der Waals surface area contributed by atoms with Crippen LogP contribution in [0.15, 0.2) is 42.9 Å². The van der Waals surface area contributed by atoms with E-state index in [2.05, 4.69) is 42.4 Å². The summed E-state index contributed by atoms with van der Waals surface area (Å²) in [5.41, 5.74) is -0.322. The van der Waals surface area contributed by atoms with Crippen LogP contribution in [0.1, 0.15) is 103 Å². The van der Waals surface area contributed by atoms with Gasteiger partial charge in [-0.25, -0.2) is 23.1 Å². The molecule has 3 saturated heterocycles. The predicted octanol–water partition coefficient (Wildman–Crippen LogP) is 6.23. The van der Waals surface area contributed by atoms with E-state index < -0.39 is 42.1 Å². The minimum atomic E-state index is -5.04. The summed E-state index contributed by atoms with van der Waals surface area (Å²) < 4.78 is 75.4. The van der Waals surface area contributed by atoms with E-state index in [1.807, 2.05) is 0 Å². The van der Waals surface area contributed by atoms with Crippen molar-refractivity contribution in [2.75, 3.05) is 61.4 Å². The largest absolute Gasteiger partial charge is 0.573 e. The molecule has 22 heteroatoms. The number of piperidine rings is 2. The molecule has 5 amide bonds. The summed E-state index contributed by atoms with van der Waals surface area (Å²) in [5, 5.41) is 13.2. The highest BCUT2D eigenvalue weighted by Gasteiger charge is 2.44. The quantitative estimate of drug-likeness (QED) is 0.145. The van der Waals surface area contributed by atoms with Crippen LogP contribution < -0.4 is 25.2 Å². The topological polar surface area (TPSA) is 180 Å². The highest BCUT2D eigenvalue weighted by molar-refractivity contribution is 6.09. The van der Waals surface area contributed by atoms with Crippen molar-refractivity contribution in [2.24, 2.45) is 17.8 Å². The number of ether oxygens (including phenoxy) is 1. The number of hydrogen-bond donors (Lipinski definition) is 2. The van der Waals surface area contributed by atoms with E-state index in [0.29, 0.717) is 43.7 Å². The number of nitrogens with zero attached hydrogens (tertiary/aromatic N) is 9. The minimum absolute atomic E-state index is 0.0106. The molecule has 3 aromatic heterocycles. The molecule has 66 heavy (non-hydrogen) atoms. The second-order valence-electron chi connectivity index (χ2n) is 18.1. The molecule has 2 N–H and O–H groups in total.